The van der Waals surface area contributed by atoms with Crippen LogP contribution in [0.4, 0.5) is 5.69 Å². The molecule has 0 aliphatic heterocycles. The quantitative estimate of drug-likeness (QED) is 0.514. The molecule has 2 unspecified atom stereocenters. The van der Waals surface area contributed by atoms with Crippen LogP contribution in [0.1, 0.15) is 17.2 Å². The van der Waals surface area contributed by atoms with Crippen molar-refractivity contribution in [2.75, 3.05) is 0 Å². The molecule has 1 aromatic rings. The van der Waals surface area contributed by atoms with Gasteiger partial charge in [0.05, 0.1) is 4.92 Å². The fraction of sp³-hybridized carbons (Fsp3) is 0.300. The maximum absolute atomic E-state index is 10.6. The van der Waals surface area contributed by atoms with Gasteiger partial charge in [-0.15, -0.1) is 0 Å². The summed E-state index contributed by atoms with van der Waals surface area (Å²) < 4.78 is 0. The molecule has 1 rings (SSSR count). The van der Waals surface area contributed by atoms with Gasteiger partial charge in [0.15, 0.2) is 0 Å². The van der Waals surface area contributed by atoms with E-state index in [4.69, 9.17) is 10.8 Å². The highest BCUT2D eigenvalue weighted by Gasteiger charge is 2.26. The largest absolute Gasteiger partial charge is 0.480 e. The SMILES string of the molecule is Cc1ccc([N+](=O)[O-])cc1C(O)C(N)C(=O)O. The van der Waals surface area contributed by atoms with Crippen molar-refractivity contribution in [1.82, 2.24) is 0 Å². The van der Waals surface area contributed by atoms with Gasteiger partial charge < -0.3 is 15.9 Å². The third kappa shape index (κ3) is 2.77. The molecule has 17 heavy (non-hydrogen) atoms. The van der Waals surface area contributed by atoms with Crippen molar-refractivity contribution in [3.05, 3.63) is 39.4 Å². The summed E-state index contributed by atoms with van der Waals surface area (Å²) in [5, 5.41) is 28.9. The van der Waals surface area contributed by atoms with Crippen molar-refractivity contribution in [1.29, 1.82) is 0 Å². The summed E-state index contributed by atoms with van der Waals surface area (Å²) in [6.07, 6.45) is -1.48. The van der Waals surface area contributed by atoms with Crippen LogP contribution in [0.2, 0.25) is 0 Å². The third-order valence-corrected chi connectivity index (χ3v) is 2.42. The summed E-state index contributed by atoms with van der Waals surface area (Å²) in [5.74, 6) is -1.37. The number of nitrogens with zero attached hydrogens (tertiary/aromatic N) is 1. The Labute approximate surface area is 96.6 Å². The van der Waals surface area contributed by atoms with E-state index in [-0.39, 0.29) is 11.3 Å². The Kier molecular flexibility index (Phi) is 3.77. The van der Waals surface area contributed by atoms with Crippen molar-refractivity contribution >= 4 is 11.7 Å². The van der Waals surface area contributed by atoms with E-state index in [0.29, 0.717) is 5.56 Å². The smallest absolute Gasteiger partial charge is 0.323 e. The Balaban J connectivity index is 3.16. The monoisotopic (exact) mass is 240 g/mol. The topological polar surface area (TPSA) is 127 Å². The predicted octanol–water partition coefficient (Wildman–Crippen LogP) is 0.349. The van der Waals surface area contributed by atoms with E-state index in [1.807, 2.05) is 0 Å². The number of hydrogen-bond acceptors (Lipinski definition) is 5. The van der Waals surface area contributed by atoms with E-state index in [0.717, 1.165) is 6.07 Å². The molecule has 4 N–H and O–H groups in total. The lowest BCUT2D eigenvalue weighted by atomic mass is 9.98. The van der Waals surface area contributed by atoms with Gasteiger partial charge in [0.2, 0.25) is 0 Å². The molecule has 0 amide bonds. The fourth-order valence-corrected chi connectivity index (χ4v) is 1.39. The molecule has 7 heteroatoms. The summed E-state index contributed by atoms with van der Waals surface area (Å²) in [6, 6.07) is 2.32. The van der Waals surface area contributed by atoms with Crippen molar-refractivity contribution in [3.63, 3.8) is 0 Å². The third-order valence-electron chi connectivity index (χ3n) is 2.42. The number of aryl methyl sites for hydroxylation is 1. The number of rotatable bonds is 4. The molecule has 0 bridgehead atoms. The number of nitrogens with two attached hydrogens (primary N) is 1. The first kappa shape index (κ1) is 13.1. The fourth-order valence-electron chi connectivity index (χ4n) is 1.39. The number of aliphatic carboxylic acids is 1. The second-order valence-corrected chi connectivity index (χ2v) is 3.61. The van der Waals surface area contributed by atoms with Crippen LogP contribution in [0.3, 0.4) is 0 Å². The minimum atomic E-state index is -1.52. The molecule has 0 aliphatic carbocycles. The molecule has 0 aliphatic rings. The number of hydrogen-bond donors (Lipinski definition) is 3. The minimum Gasteiger partial charge on any atom is -0.480 e. The first-order chi connectivity index (χ1) is 7.84. The number of carboxylic acid groups (broad SMARTS) is 1. The predicted molar refractivity (Wildman–Crippen MR) is 58.4 cm³/mol. The lowest BCUT2D eigenvalue weighted by Gasteiger charge is -2.17. The number of nitro benzene ring substituents is 1. The van der Waals surface area contributed by atoms with E-state index in [9.17, 15) is 20.0 Å². The number of carbonyl (C=O) groups is 1. The Morgan fingerprint density at radius 1 is 1.53 bits per heavy atom. The first-order valence-electron chi connectivity index (χ1n) is 4.76. The average molecular weight is 240 g/mol. The zero-order valence-corrected chi connectivity index (χ0v) is 9.03. The van der Waals surface area contributed by atoms with Crippen LogP contribution in [0.15, 0.2) is 18.2 Å². The van der Waals surface area contributed by atoms with Crippen LogP contribution in [0.5, 0.6) is 0 Å². The molecule has 1 aromatic carbocycles. The van der Waals surface area contributed by atoms with Gasteiger partial charge in [-0.1, -0.05) is 6.07 Å². The molecule has 0 fully saturated rings. The lowest BCUT2D eigenvalue weighted by Crippen LogP contribution is -2.36. The summed E-state index contributed by atoms with van der Waals surface area (Å²) in [4.78, 5) is 20.6. The summed E-state index contributed by atoms with van der Waals surface area (Å²) in [7, 11) is 0. The number of aliphatic hydroxyl groups is 1. The Morgan fingerprint density at radius 2 is 2.12 bits per heavy atom. The van der Waals surface area contributed by atoms with Gasteiger partial charge in [-0.25, -0.2) is 0 Å². The van der Waals surface area contributed by atoms with Crippen LogP contribution in [0.25, 0.3) is 0 Å². The Hall–Kier alpha value is -1.99. The van der Waals surface area contributed by atoms with Gasteiger partial charge >= 0.3 is 5.97 Å². The van der Waals surface area contributed by atoms with Crippen LogP contribution in [0, 0.1) is 17.0 Å². The zero-order valence-electron chi connectivity index (χ0n) is 9.03. The Bertz CT molecular complexity index is 460. The summed E-state index contributed by atoms with van der Waals surface area (Å²) in [5.41, 5.74) is 5.74. The standard InChI is InChI=1S/C10H12N2O5/c1-5-2-3-6(12(16)17)4-7(5)9(13)8(11)10(14)15/h2-4,8-9,13H,11H2,1H3,(H,14,15). The number of nitro groups is 1. The molecular weight excluding hydrogens is 228 g/mol. The molecule has 0 saturated carbocycles. The van der Waals surface area contributed by atoms with Gasteiger partial charge in [0.1, 0.15) is 12.1 Å². The van der Waals surface area contributed by atoms with Crippen molar-refractivity contribution in [2.45, 2.75) is 19.1 Å². The van der Waals surface area contributed by atoms with Gasteiger partial charge in [-0.3, -0.25) is 14.9 Å². The van der Waals surface area contributed by atoms with Gasteiger partial charge in [-0.2, -0.15) is 0 Å². The Morgan fingerprint density at radius 3 is 2.59 bits per heavy atom. The van der Waals surface area contributed by atoms with Gasteiger partial charge in [0, 0.05) is 12.1 Å². The van der Waals surface area contributed by atoms with Crippen molar-refractivity contribution < 1.29 is 19.9 Å². The highest BCUT2D eigenvalue weighted by molar-refractivity contribution is 5.74. The van der Waals surface area contributed by atoms with Crippen LogP contribution < -0.4 is 5.73 Å². The van der Waals surface area contributed by atoms with Gasteiger partial charge in [0.25, 0.3) is 5.69 Å². The van der Waals surface area contributed by atoms with Crippen LogP contribution in [-0.2, 0) is 4.79 Å². The van der Waals surface area contributed by atoms with E-state index >= 15 is 0 Å². The highest BCUT2D eigenvalue weighted by atomic mass is 16.6. The first-order valence-corrected chi connectivity index (χ1v) is 4.76. The molecule has 7 nitrogen and oxygen atoms in total. The summed E-state index contributed by atoms with van der Waals surface area (Å²) >= 11 is 0. The van der Waals surface area contributed by atoms with Crippen LogP contribution >= 0.6 is 0 Å². The molecule has 0 radical (unpaired) electrons. The molecule has 0 saturated heterocycles. The van der Waals surface area contributed by atoms with Crippen molar-refractivity contribution in [2.24, 2.45) is 5.73 Å². The van der Waals surface area contributed by atoms with E-state index in [1.54, 1.807) is 6.92 Å². The normalized spacial score (nSPS) is 14.1. The molecule has 0 spiro atoms. The zero-order chi connectivity index (χ0) is 13.2. The molecule has 2 atom stereocenters. The molecule has 0 aromatic heterocycles. The number of aliphatic hydroxyl groups excluding tert-OH is 1. The van der Waals surface area contributed by atoms with Gasteiger partial charge in [-0.05, 0) is 18.1 Å². The number of carboxylic acids is 1. The number of non-ortho nitro benzene ring substituents is 1. The second-order valence-electron chi connectivity index (χ2n) is 3.61. The summed E-state index contributed by atoms with van der Waals surface area (Å²) in [6.45, 7) is 1.61. The molecule has 0 heterocycles. The number of benzene rings is 1. The maximum Gasteiger partial charge on any atom is 0.323 e. The highest BCUT2D eigenvalue weighted by Crippen LogP contribution is 2.24. The maximum atomic E-state index is 10.6. The lowest BCUT2D eigenvalue weighted by molar-refractivity contribution is -0.385. The average Bonchev–Trinajstić information content (AvgIpc) is 2.27. The van der Waals surface area contributed by atoms with Crippen molar-refractivity contribution in [3.8, 4) is 0 Å². The van der Waals surface area contributed by atoms with Crippen LogP contribution in [-0.4, -0.2) is 27.1 Å². The molecule has 92 valence electrons. The van der Waals surface area contributed by atoms with E-state index in [1.165, 1.54) is 12.1 Å². The minimum absolute atomic E-state index is 0.147. The molecular formula is C10H12N2O5. The second kappa shape index (κ2) is 4.89. The van der Waals surface area contributed by atoms with E-state index < -0.39 is 23.0 Å². The van der Waals surface area contributed by atoms with E-state index in [2.05, 4.69) is 0 Å².